The minimum absolute atomic E-state index is 0.238. The summed E-state index contributed by atoms with van der Waals surface area (Å²) in [6.45, 7) is 4.01. The van der Waals surface area contributed by atoms with Gasteiger partial charge >= 0.3 is 0 Å². The molecule has 1 aromatic rings. The summed E-state index contributed by atoms with van der Waals surface area (Å²) in [6.07, 6.45) is 3.71. The first-order chi connectivity index (χ1) is 9.24. The van der Waals surface area contributed by atoms with Crippen LogP contribution in [0.25, 0.3) is 0 Å². The Morgan fingerprint density at radius 1 is 1.21 bits per heavy atom. The number of rotatable bonds is 4. The fraction of sp³-hybridized carbons (Fsp3) is 0.600. The summed E-state index contributed by atoms with van der Waals surface area (Å²) >= 11 is 0. The van der Waals surface area contributed by atoms with Crippen LogP contribution >= 0.6 is 0 Å². The summed E-state index contributed by atoms with van der Waals surface area (Å²) in [7, 11) is 0. The van der Waals surface area contributed by atoms with Gasteiger partial charge in [0.25, 0.3) is 0 Å². The lowest BCUT2D eigenvalue weighted by molar-refractivity contribution is 0.158. The van der Waals surface area contributed by atoms with Crippen molar-refractivity contribution in [3.8, 4) is 11.5 Å². The molecule has 104 valence electrons. The molecular formula is C15H22N2O2. The Morgan fingerprint density at radius 2 is 1.95 bits per heavy atom. The second-order valence-electron chi connectivity index (χ2n) is 5.72. The van der Waals surface area contributed by atoms with E-state index in [2.05, 4.69) is 10.2 Å². The van der Waals surface area contributed by atoms with E-state index in [0.717, 1.165) is 44.1 Å². The van der Waals surface area contributed by atoms with Gasteiger partial charge in [-0.05, 0) is 30.5 Å². The van der Waals surface area contributed by atoms with Crippen LogP contribution in [-0.4, -0.2) is 41.3 Å². The van der Waals surface area contributed by atoms with Gasteiger partial charge in [-0.15, -0.1) is 0 Å². The molecule has 1 saturated carbocycles. The standard InChI is InChI=1S/C15H22N2O2/c18-12-3-4-15(19)13(10-12)14(9-11-1-2-11)17-7-5-16-6-8-17/h3-4,10-11,14,16,18-19H,1-2,5-9H2/t14-/m1/s1. The quantitative estimate of drug-likeness (QED) is 0.725. The number of nitrogens with one attached hydrogen (secondary N) is 1. The third-order valence-electron chi connectivity index (χ3n) is 4.22. The summed E-state index contributed by atoms with van der Waals surface area (Å²) in [5, 5.41) is 23.2. The van der Waals surface area contributed by atoms with Gasteiger partial charge in [0.15, 0.2) is 0 Å². The van der Waals surface area contributed by atoms with Crippen LogP contribution in [0.1, 0.15) is 30.9 Å². The van der Waals surface area contributed by atoms with Gasteiger partial charge in [-0.1, -0.05) is 12.8 Å². The minimum Gasteiger partial charge on any atom is -0.508 e. The van der Waals surface area contributed by atoms with Gasteiger partial charge in [0.1, 0.15) is 11.5 Å². The van der Waals surface area contributed by atoms with Crippen LogP contribution in [0.2, 0.25) is 0 Å². The predicted octanol–water partition coefficient (Wildman–Crippen LogP) is 1.84. The van der Waals surface area contributed by atoms with Gasteiger partial charge < -0.3 is 15.5 Å². The van der Waals surface area contributed by atoms with Gasteiger partial charge in [-0.3, -0.25) is 4.90 Å². The molecule has 0 spiro atoms. The summed E-state index contributed by atoms with van der Waals surface area (Å²) < 4.78 is 0. The lowest BCUT2D eigenvalue weighted by Crippen LogP contribution is -2.45. The largest absolute Gasteiger partial charge is 0.508 e. The number of benzene rings is 1. The Hall–Kier alpha value is -1.26. The number of phenols is 2. The highest BCUT2D eigenvalue weighted by atomic mass is 16.3. The molecule has 3 N–H and O–H groups in total. The average molecular weight is 262 g/mol. The number of hydrogen-bond acceptors (Lipinski definition) is 4. The zero-order valence-electron chi connectivity index (χ0n) is 11.2. The maximum Gasteiger partial charge on any atom is 0.120 e. The molecule has 2 aliphatic rings. The Balaban J connectivity index is 1.85. The first-order valence-corrected chi connectivity index (χ1v) is 7.20. The number of piperazine rings is 1. The van der Waals surface area contributed by atoms with Crippen molar-refractivity contribution in [2.24, 2.45) is 5.92 Å². The Bertz CT molecular complexity index is 440. The van der Waals surface area contributed by atoms with Crippen LogP contribution in [0.3, 0.4) is 0 Å². The highest BCUT2D eigenvalue weighted by Crippen LogP contribution is 2.42. The fourth-order valence-corrected chi connectivity index (χ4v) is 2.94. The van der Waals surface area contributed by atoms with E-state index in [1.54, 1.807) is 18.2 Å². The van der Waals surface area contributed by atoms with Crippen molar-refractivity contribution in [1.29, 1.82) is 0 Å². The molecule has 1 aromatic carbocycles. The van der Waals surface area contributed by atoms with Crippen LogP contribution in [0.15, 0.2) is 18.2 Å². The average Bonchev–Trinajstić information content (AvgIpc) is 3.24. The molecule has 0 unspecified atom stereocenters. The van der Waals surface area contributed by atoms with E-state index < -0.39 is 0 Å². The summed E-state index contributed by atoms with van der Waals surface area (Å²) in [6, 6.07) is 5.11. The first kappa shape index (κ1) is 12.8. The molecule has 4 heteroatoms. The first-order valence-electron chi connectivity index (χ1n) is 7.20. The van der Waals surface area contributed by atoms with Crippen LogP contribution in [0.5, 0.6) is 11.5 Å². The Labute approximate surface area is 114 Å². The van der Waals surface area contributed by atoms with Crippen LogP contribution in [0.4, 0.5) is 0 Å². The molecule has 4 nitrogen and oxygen atoms in total. The van der Waals surface area contributed by atoms with Crippen molar-refractivity contribution in [3.05, 3.63) is 23.8 Å². The van der Waals surface area contributed by atoms with Gasteiger partial charge in [0.05, 0.1) is 0 Å². The highest BCUT2D eigenvalue weighted by Gasteiger charge is 2.31. The number of phenolic OH excluding ortho intramolecular Hbond substituents is 2. The number of nitrogens with zero attached hydrogens (tertiary/aromatic N) is 1. The zero-order valence-corrected chi connectivity index (χ0v) is 11.2. The smallest absolute Gasteiger partial charge is 0.120 e. The molecule has 0 bridgehead atoms. The van der Waals surface area contributed by atoms with Crippen molar-refractivity contribution in [3.63, 3.8) is 0 Å². The van der Waals surface area contributed by atoms with Crippen molar-refractivity contribution in [2.75, 3.05) is 26.2 Å². The third kappa shape index (κ3) is 3.01. The van der Waals surface area contributed by atoms with E-state index in [0.29, 0.717) is 5.75 Å². The van der Waals surface area contributed by atoms with Gasteiger partial charge in [0, 0.05) is 37.8 Å². The fourth-order valence-electron chi connectivity index (χ4n) is 2.94. The summed E-state index contributed by atoms with van der Waals surface area (Å²) in [5.41, 5.74) is 0.883. The molecule has 1 atom stereocenters. The van der Waals surface area contributed by atoms with Crippen molar-refractivity contribution in [2.45, 2.75) is 25.3 Å². The van der Waals surface area contributed by atoms with E-state index in [4.69, 9.17) is 0 Å². The molecule has 0 aromatic heterocycles. The number of aromatic hydroxyl groups is 2. The minimum atomic E-state index is 0.238. The van der Waals surface area contributed by atoms with Gasteiger partial charge in [0.2, 0.25) is 0 Å². The lowest BCUT2D eigenvalue weighted by atomic mass is 9.97. The van der Waals surface area contributed by atoms with E-state index >= 15 is 0 Å². The third-order valence-corrected chi connectivity index (χ3v) is 4.22. The van der Waals surface area contributed by atoms with E-state index in [1.807, 2.05) is 0 Å². The molecule has 1 saturated heterocycles. The maximum absolute atomic E-state index is 10.1. The molecule has 1 aliphatic carbocycles. The normalized spacial score (nSPS) is 22.3. The van der Waals surface area contributed by atoms with Crippen molar-refractivity contribution >= 4 is 0 Å². The Kier molecular flexibility index (Phi) is 3.62. The Morgan fingerprint density at radius 3 is 2.63 bits per heavy atom. The molecular weight excluding hydrogens is 240 g/mol. The van der Waals surface area contributed by atoms with Crippen molar-refractivity contribution < 1.29 is 10.2 Å². The topological polar surface area (TPSA) is 55.7 Å². The zero-order chi connectivity index (χ0) is 13.2. The summed E-state index contributed by atoms with van der Waals surface area (Å²) in [4.78, 5) is 2.43. The monoisotopic (exact) mass is 262 g/mol. The number of hydrogen-bond donors (Lipinski definition) is 3. The lowest BCUT2D eigenvalue weighted by Gasteiger charge is -2.35. The van der Waals surface area contributed by atoms with E-state index in [-0.39, 0.29) is 11.8 Å². The maximum atomic E-state index is 10.1. The van der Waals surface area contributed by atoms with E-state index in [9.17, 15) is 10.2 Å². The second kappa shape index (κ2) is 5.39. The van der Waals surface area contributed by atoms with Crippen molar-refractivity contribution in [1.82, 2.24) is 10.2 Å². The summed E-state index contributed by atoms with van der Waals surface area (Å²) in [5.74, 6) is 1.34. The molecule has 0 radical (unpaired) electrons. The molecule has 0 amide bonds. The SMILES string of the molecule is Oc1ccc(O)c([C@@H](CC2CC2)N2CCNCC2)c1. The van der Waals surface area contributed by atoms with Crippen LogP contribution < -0.4 is 5.32 Å². The highest BCUT2D eigenvalue weighted by molar-refractivity contribution is 5.41. The molecule has 3 rings (SSSR count). The van der Waals surface area contributed by atoms with Gasteiger partial charge in [-0.25, -0.2) is 0 Å². The van der Waals surface area contributed by atoms with Gasteiger partial charge in [-0.2, -0.15) is 0 Å². The molecule has 19 heavy (non-hydrogen) atoms. The second-order valence-corrected chi connectivity index (χ2v) is 5.72. The molecule has 2 fully saturated rings. The molecule has 1 aliphatic heterocycles. The van der Waals surface area contributed by atoms with Crippen LogP contribution in [0, 0.1) is 5.92 Å². The predicted molar refractivity (Wildman–Crippen MR) is 74.3 cm³/mol. The van der Waals surface area contributed by atoms with E-state index in [1.165, 1.54) is 12.8 Å². The molecule has 1 heterocycles. The van der Waals surface area contributed by atoms with Crippen LogP contribution in [-0.2, 0) is 0 Å².